The van der Waals surface area contributed by atoms with Crippen LogP contribution >= 0.6 is 0 Å². The number of aromatic nitrogens is 6. The molecule has 9 N–H and O–H groups in total. The molecule has 0 bridgehead atoms. The summed E-state index contributed by atoms with van der Waals surface area (Å²) in [5.41, 5.74) is 15.0. The third-order valence-corrected chi connectivity index (χ3v) is 10.7. The van der Waals surface area contributed by atoms with Crippen molar-refractivity contribution in [1.29, 1.82) is 5.41 Å². The Hall–Kier alpha value is -7.06. The number of amides is 4. The molecule has 4 amide bonds. The summed E-state index contributed by atoms with van der Waals surface area (Å²) in [4.78, 5) is 64.7. The topological polar surface area (TPSA) is 267 Å². The van der Waals surface area contributed by atoms with Gasteiger partial charge in [0.15, 0.2) is 0 Å². The zero-order chi connectivity index (χ0) is 47.7. The van der Waals surface area contributed by atoms with Crippen molar-refractivity contribution in [3.63, 3.8) is 0 Å². The van der Waals surface area contributed by atoms with Crippen LogP contribution in [0.1, 0.15) is 77.9 Å². The third kappa shape index (κ3) is 12.0. The second-order valence-corrected chi connectivity index (χ2v) is 17.1. The number of rotatable bonds is 22. The van der Waals surface area contributed by atoms with E-state index in [-0.39, 0.29) is 59.4 Å². The van der Waals surface area contributed by atoms with E-state index >= 15 is 0 Å². The summed E-state index contributed by atoms with van der Waals surface area (Å²) >= 11 is 0. The fraction of sp³-hybridized carbons (Fsp3) is 0.435. The van der Waals surface area contributed by atoms with Crippen molar-refractivity contribution in [2.24, 2.45) is 23.3 Å². The van der Waals surface area contributed by atoms with Gasteiger partial charge in [-0.3, -0.25) is 34.5 Å². The minimum absolute atomic E-state index is 0.145. The Morgan fingerprint density at radius 1 is 0.864 bits per heavy atom. The molecule has 6 rings (SSSR count). The first-order valence-electron chi connectivity index (χ1n) is 22.1. The Kier molecular flexibility index (Phi) is 15.9. The number of fused-ring (bicyclic) bond motifs is 2. The van der Waals surface area contributed by atoms with Gasteiger partial charge in [0.25, 0.3) is 11.8 Å². The third-order valence-electron chi connectivity index (χ3n) is 10.7. The molecule has 1 fully saturated rings. The highest BCUT2D eigenvalue weighted by Crippen LogP contribution is 2.33. The van der Waals surface area contributed by atoms with Gasteiger partial charge in [0, 0.05) is 75.7 Å². The first kappa shape index (κ1) is 48.4. The van der Waals surface area contributed by atoms with Gasteiger partial charge in [0.05, 0.1) is 30.4 Å². The molecule has 352 valence electrons. The average molecular weight is 907 g/mol. The quantitative estimate of drug-likeness (QED) is 0.0225. The van der Waals surface area contributed by atoms with Gasteiger partial charge in [0.1, 0.15) is 33.9 Å². The van der Waals surface area contributed by atoms with Crippen LogP contribution in [-0.4, -0.2) is 116 Å². The number of carbonyl (C=O) groups is 4. The van der Waals surface area contributed by atoms with Crippen LogP contribution in [0.15, 0.2) is 54.3 Å². The van der Waals surface area contributed by atoms with E-state index in [9.17, 15) is 19.2 Å². The van der Waals surface area contributed by atoms with Gasteiger partial charge in [-0.25, -0.2) is 9.97 Å². The Balaban J connectivity index is 1.39. The monoisotopic (exact) mass is 906 g/mol. The van der Waals surface area contributed by atoms with Gasteiger partial charge >= 0.3 is 0 Å². The largest absolute Gasteiger partial charge is 0.494 e. The summed E-state index contributed by atoms with van der Waals surface area (Å²) in [5.74, 6) is -0.837. The number of nitrogens with zero attached hydrogens (tertiary/aromatic N) is 7. The molecule has 1 aliphatic heterocycles. The van der Waals surface area contributed by atoms with E-state index < -0.39 is 23.6 Å². The van der Waals surface area contributed by atoms with Crippen LogP contribution in [0, 0.1) is 24.2 Å². The smallest absolute Gasteiger partial charge is 0.276 e. The lowest BCUT2D eigenvalue weighted by molar-refractivity contribution is -0.113. The number of nitrogens with one attached hydrogen (secondary N) is 5. The standard InChI is InChI=1S/C46H62N14O6/c1-27(2)25-51-35(19-29(5)47)43(63)54-45-53-34-22-32(42(49)62)24-38(66-18-10-13-57-16-11-50-12-17-57)40(34)59(45)15-9-8-14-58-39-33(21-31(41(48)61)23-37(39)65-7)52-46(58)55-44(64)36-20-30(6)56-60(36)26-28(3)4/h8-9,19-24,27-28,47,50-51H,10-18,25-26H2,1-7H3,(H2,48,61)(H2,49,62)(H,52,55,64)(H,53,54,63)/b9-8+,35-19-,47-29?. The summed E-state index contributed by atoms with van der Waals surface area (Å²) in [7, 11) is 1.47. The summed E-state index contributed by atoms with van der Waals surface area (Å²) in [6.45, 7) is 17.7. The molecule has 0 spiro atoms. The van der Waals surface area contributed by atoms with Gasteiger partial charge < -0.3 is 51.0 Å². The van der Waals surface area contributed by atoms with Gasteiger partial charge in [-0.05, 0) is 68.5 Å². The van der Waals surface area contributed by atoms with Crippen LogP contribution < -0.4 is 42.2 Å². The van der Waals surface area contributed by atoms with Crippen molar-refractivity contribution in [2.75, 3.05) is 63.6 Å². The lowest BCUT2D eigenvalue weighted by Gasteiger charge is -2.27. The molecule has 20 heteroatoms. The molecule has 5 aromatic rings. The maximum atomic E-state index is 13.9. The minimum atomic E-state index is -0.670. The maximum Gasteiger partial charge on any atom is 0.276 e. The van der Waals surface area contributed by atoms with Crippen molar-refractivity contribution in [1.82, 2.24) is 44.4 Å². The number of primary amides is 2. The van der Waals surface area contributed by atoms with Gasteiger partial charge in [0.2, 0.25) is 23.7 Å². The van der Waals surface area contributed by atoms with Crippen molar-refractivity contribution in [3.05, 3.63) is 76.8 Å². The van der Waals surface area contributed by atoms with E-state index in [1.165, 1.54) is 19.3 Å². The van der Waals surface area contributed by atoms with Crippen molar-refractivity contribution >= 4 is 63.3 Å². The fourth-order valence-corrected chi connectivity index (χ4v) is 7.60. The average Bonchev–Trinajstić information content (AvgIpc) is 3.93. The molecule has 3 aromatic heterocycles. The molecule has 1 saturated heterocycles. The molecule has 0 unspecified atom stereocenters. The normalized spacial score (nSPS) is 13.6. The summed E-state index contributed by atoms with van der Waals surface area (Å²) in [6, 6.07) is 7.93. The number of ether oxygens (including phenoxy) is 2. The highest BCUT2D eigenvalue weighted by atomic mass is 16.5. The molecule has 20 nitrogen and oxygen atoms in total. The fourth-order valence-electron chi connectivity index (χ4n) is 7.60. The number of nitrogens with two attached hydrogens (primary N) is 2. The Bertz CT molecular complexity index is 2670. The van der Waals surface area contributed by atoms with Gasteiger partial charge in [-0.15, -0.1) is 0 Å². The number of methoxy groups -OCH3 is 1. The molecule has 0 saturated carbocycles. The summed E-state index contributed by atoms with van der Waals surface area (Å²) in [5, 5.41) is 25.0. The maximum absolute atomic E-state index is 13.9. The highest BCUT2D eigenvalue weighted by molar-refractivity contribution is 6.08. The predicted molar refractivity (Wildman–Crippen MR) is 254 cm³/mol. The SMILES string of the molecule is COc1cc(C(N)=O)cc2nc(NC(=O)c3cc(C)nn3CC(C)C)n(C/C=C/Cn3c(NC(=O)/C(=C/C(C)=N)NCC(C)C)nc4cc(C(N)=O)cc(OCCCN5CCNCC5)c43)c12. The van der Waals surface area contributed by atoms with E-state index in [0.29, 0.717) is 64.7 Å². The van der Waals surface area contributed by atoms with Crippen LogP contribution in [0.25, 0.3) is 22.1 Å². The zero-order valence-corrected chi connectivity index (χ0v) is 38.8. The van der Waals surface area contributed by atoms with E-state index in [1.54, 1.807) is 45.0 Å². The molecular formula is C46H62N14O6. The number of allylic oxidation sites excluding steroid dienone is 3. The van der Waals surface area contributed by atoms with Crippen LogP contribution in [0.2, 0.25) is 0 Å². The lowest BCUT2D eigenvalue weighted by atomic mass is 10.1. The number of hydrogen-bond acceptors (Lipinski definition) is 13. The molecular weight excluding hydrogens is 845 g/mol. The molecule has 0 radical (unpaired) electrons. The number of hydrogen-bond donors (Lipinski definition) is 7. The molecule has 0 atom stereocenters. The van der Waals surface area contributed by atoms with Crippen LogP contribution in [0.3, 0.4) is 0 Å². The van der Waals surface area contributed by atoms with E-state index in [1.807, 2.05) is 46.8 Å². The van der Waals surface area contributed by atoms with E-state index in [4.69, 9.17) is 36.3 Å². The molecule has 2 aromatic carbocycles. The second-order valence-electron chi connectivity index (χ2n) is 17.1. The van der Waals surface area contributed by atoms with E-state index in [2.05, 4.69) is 31.3 Å². The van der Waals surface area contributed by atoms with Crippen LogP contribution in [0.5, 0.6) is 11.5 Å². The van der Waals surface area contributed by atoms with Gasteiger partial charge in [-0.2, -0.15) is 5.10 Å². The van der Waals surface area contributed by atoms with Crippen LogP contribution in [-0.2, 0) is 24.4 Å². The number of benzene rings is 2. The molecule has 0 aliphatic carbocycles. The number of imidazole rings is 2. The first-order valence-corrected chi connectivity index (χ1v) is 22.1. The number of carbonyl (C=O) groups excluding carboxylic acids is 4. The molecule has 4 heterocycles. The first-order chi connectivity index (χ1) is 31.5. The van der Waals surface area contributed by atoms with Crippen molar-refractivity contribution in [2.45, 2.75) is 67.6 Å². The van der Waals surface area contributed by atoms with Gasteiger partial charge in [-0.1, -0.05) is 39.8 Å². The number of aryl methyl sites for hydroxylation is 1. The van der Waals surface area contributed by atoms with Crippen LogP contribution in [0.4, 0.5) is 11.9 Å². The van der Waals surface area contributed by atoms with E-state index in [0.717, 1.165) is 39.1 Å². The highest BCUT2D eigenvalue weighted by Gasteiger charge is 2.24. The Morgan fingerprint density at radius 2 is 1.45 bits per heavy atom. The minimum Gasteiger partial charge on any atom is -0.494 e. The summed E-state index contributed by atoms with van der Waals surface area (Å²) < 4.78 is 17.3. The Labute approximate surface area is 383 Å². The molecule has 66 heavy (non-hydrogen) atoms. The molecule has 1 aliphatic rings. The van der Waals surface area contributed by atoms with Crippen molar-refractivity contribution < 1.29 is 28.7 Å². The Morgan fingerprint density at radius 3 is 2.02 bits per heavy atom. The second kappa shape index (κ2) is 21.7. The number of anilines is 2. The lowest BCUT2D eigenvalue weighted by Crippen LogP contribution is -2.43. The predicted octanol–water partition coefficient (Wildman–Crippen LogP) is 4.04. The number of piperazine rings is 1. The van der Waals surface area contributed by atoms with Crippen molar-refractivity contribution in [3.8, 4) is 11.5 Å². The zero-order valence-electron chi connectivity index (χ0n) is 38.8. The summed E-state index contributed by atoms with van der Waals surface area (Å²) in [6.07, 6.45) is 5.88.